The van der Waals surface area contributed by atoms with Crippen LogP contribution < -0.4 is 15.5 Å². The fourth-order valence-corrected chi connectivity index (χ4v) is 4.05. The van der Waals surface area contributed by atoms with Crippen LogP contribution in [0.15, 0.2) is 24.3 Å². The van der Waals surface area contributed by atoms with Gasteiger partial charge in [-0.05, 0) is 37.3 Å². The molecule has 156 valence electrons. The van der Waals surface area contributed by atoms with Crippen LogP contribution in [0.4, 0.5) is 10.7 Å². The summed E-state index contributed by atoms with van der Waals surface area (Å²) in [5.41, 5.74) is 1.89. The minimum atomic E-state index is -0.581. The molecule has 2 N–H and O–H groups in total. The average Bonchev–Trinajstić information content (AvgIpc) is 3.41. The lowest BCUT2D eigenvalue weighted by molar-refractivity contribution is -0.123. The fourth-order valence-electron chi connectivity index (χ4n) is 4.05. The summed E-state index contributed by atoms with van der Waals surface area (Å²) >= 11 is 0. The molecule has 1 unspecified atom stereocenters. The number of aromatic nitrogens is 2. The molecule has 3 heterocycles. The molecule has 1 fully saturated rings. The average molecular weight is 399 g/mol. The Morgan fingerprint density at radius 1 is 1.28 bits per heavy atom. The second kappa shape index (κ2) is 8.41. The molecule has 2 aliphatic heterocycles. The van der Waals surface area contributed by atoms with Crippen LogP contribution in [0.1, 0.15) is 33.1 Å². The van der Waals surface area contributed by atoms with E-state index in [1.54, 1.807) is 4.90 Å². The Balaban J connectivity index is 1.43. The number of anilines is 1. The van der Waals surface area contributed by atoms with Crippen molar-refractivity contribution in [2.45, 2.75) is 51.8 Å². The number of nitrogens with one attached hydrogen (secondary N) is 2. The lowest BCUT2D eigenvalue weighted by Gasteiger charge is -2.23. The molecule has 0 aliphatic carbocycles. The van der Waals surface area contributed by atoms with E-state index in [1.807, 2.05) is 42.7 Å². The van der Waals surface area contributed by atoms with Crippen molar-refractivity contribution in [1.82, 2.24) is 20.2 Å². The summed E-state index contributed by atoms with van der Waals surface area (Å²) in [6.45, 7) is 6.57. The maximum atomic E-state index is 13.0. The first-order chi connectivity index (χ1) is 14.0. The van der Waals surface area contributed by atoms with Crippen molar-refractivity contribution < 1.29 is 14.3 Å². The molecule has 2 aromatic rings. The Labute approximate surface area is 170 Å². The van der Waals surface area contributed by atoms with E-state index in [-0.39, 0.29) is 24.0 Å². The van der Waals surface area contributed by atoms with Gasteiger partial charge in [0.25, 0.3) is 0 Å². The number of ether oxygens (including phenoxy) is 1. The van der Waals surface area contributed by atoms with Gasteiger partial charge in [-0.2, -0.15) is 0 Å². The molecule has 4 rings (SSSR count). The maximum absolute atomic E-state index is 13.0. The lowest BCUT2D eigenvalue weighted by Crippen LogP contribution is -2.52. The van der Waals surface area contributed by atoms with E-state index in [4.69, 9.17) is 4.74 Å². The SMILES string of the molecule is CC(C)C[C@H](NC(=O)N1CCn2c1nc1ccccc12)C(=O)NCC1CCCO1. The Bertz CT molecular complexity index is 888. The van der Waals surface area contributed by atoms with Gasteiger partial charge in [-0.3, -0.25) is 9.69 Å². The highest BCUT2D eigenvalue weighted by molar-refractivity contribution is 5.96. The van der Waals surface area contributed by atoms with E-state index in [1.165, 1.54) is 0 Å². The molecular formula is C21H29N5O3. The third kappa shape index (κ3) is 4.22. The number of rotatable bonds is 6. The molecule has 1 aromatic heterocycles. The predicted octanol–water partition coefficient (Wildman–Crippen LogP) is 2.28. The van der Waals surface area contributed by atoms with E-state index in [9.17, 15) is 9.59 Å². The van der Waals surface area contributed by atoms with E-state index in [2.05, 4.69) is 15.6 Å². The Morgan fingerprint density at radius 2 is 2.10 bits per heavy atom. The fraction of sp³-hybridized carbons (Fsp3) is 0.571. The molecule has 8 heteroatoms. The molecule has 0 saturated carbocycles. The Hall–Kier alpha value is -2.61. The summed E-state index contributed by atoms with van der Waals surface area (Å²) in [5, 5.41) is 5.88. The smallest absolute Gasteiger partial charge is 0.324 e. The van der Waals surface area contributed by atoms with Crippen molar-refractivity contribution in [2.24, 2.45) is 5.92 Å². The summed E-state index contributed by atoms with van der Waals surface area (Å²) < 4.78 is 7.62. The summed E-state index contributed by atoms with van der Waals surface area (Å²) in [6, 6.07) is 6.99. The number of urea groups is 1. The second-order valence-corrected chi connectivity index (χ2v) is 8.22. The predicted molar refractivity (Wildman–Crippen MR) is 111 cm³/mol. The van der Waals surface area contributed by atoms with Gasteiger partial charge < -0.3 is 19.9 Å². The number of carbonyl (C=O) groups excluding carboxylic acids is 2. The van der Waals surface area contributed by atoms with E-state index in [0.717, 1.165) is 30.5 Å². The van der Waals surface area contributed by atoms with Crippen molar-refractivity contribution in [3.8, 4) is 0 Å². The molecule has 3 amide bonds. The van der Waals surface area contributed by atoms with Crippen molar-refractivity contribution in [3.63, 3.8) is 0 Å². The molecule has 1 saturated heterocycles. The monoisotopic (exact) mass is 399 g/mol. The summed E-state index contributed by atoms with van der Waals surface area (Å²) in [6.07, 6.45) is 2.65. The van der Waals surface area contributed by atoms with Crippen LogP contribution in [0.5, 0.6) is 0 Å². The van der Waals surface area contributed by atoms with Crippen molar-refractivity contribution in [3.05, 3.63) is 24.3 Å². The number of hydrogen-bond acceptors (Lipinski definition) is 4. The molecule has 0 bridgehead atoms. The highest BCUT2D eigenvalue weighted by atomic mass is 16.5. The molecular weight excluding hydrogens is 370 g/mol. The number of fused-ring (bicyclic) bond motifs is 3. The van der Waals surface area contributed by atoms with Crippen LogP contribution in [0.3, 0.4) is 0 Å². The van der Waals surface area contributed by atoms with Gasteiger partial charge in [-0.15, -0.1) is 0 Å². The summed E-state index contributed by atoms with van der Waals surface area (Å²) in [5.74, 6) is 0.749. The highest BCUT2D eigenvalue weighted by Gasteiger charge is 2.31. The van der Waals surface area contributed by atoms with Crippen LogP contribution in [-0.4, -0.2) is 53.3 Å². The van der Waals surface area contributed by atoms with E-state index in [0.29, 0.717) is 32.0 Å². The van der Waals surface area contributed by atoms with Crippen LogP contribution in [-0.2, 0) is 16.1 Å². The molecule has 2 atom stereocenters. The first kappa shape index (κ1) is 19.7. The van der Waals surface area contributed by atoms with E-state index < -0.39 is 6.04 Å². The first-order valence-electron chi connectivity index (χ1n) is 10.5. The van der Waals surface area contributed by atoms with Gasteiger partial charge in [-0.25, -0.2) is 9.78 Å². The van der Waals surface area contributed by atoms with Gasteiger partial charge >= 0.3 is 6.03 Å². The first-order valence-corrected chi connectivity index (χ1v) is 10.5. The van der Waals surface area contributed by atoms with Crippen molar-refractivity contribution in [2.75, 3.05) is 24.6 Å². The summed E-state index contributed by atoms with van der Waals surface area (Å²) in [4.78, 5) is 32.0. The van der Waals surface area contributed by atoms with Gasteiger partial charge in [0.2, 0.25) is 11.9 Å². The van der Waals surface area contributed by atoms with Crippen molar-refractivity contribution in [1.29, 1.82) is 0 Å². The maximum Gasteiger partial charge on any atom is 0.324 e. The Kier molecular flexibility index (Phi) is 5.71. The van der Waals surface area contributed by atoms with Gasteiger partial charge in [-0.1, -0.05) is 26.0 Å². The molecule has 29 heavy (non-hydrogen) atoms. The van der Waals surface area contributed by atoms with Crippen LogP contribution in [0.25, 0.3) is 11.0 Å². The van der Waals surface area contributed by atoms with Crippen molar-refractivity contribution >= 4 is 28.9 Å². The number of hydrogen-bond donors (Lipinski definition) is 2. The third-order valence-electron chi connectivity index (χ3n) is 5.52. The largest absolute Gasteiger partial charge is 0.376 e. The Morgan fingerprint density at radius 3 is 2.86 bits per heavy atom. The number of nitrogens with zero attached hydrogens (tertiary/aromatic N) is 3. The number of carbonyl (C=O) groups is 2. The zero-order chi connectivity index (χ0) is 20.4. The number of amides is 3. The minimum Gasteiger partial charge on any atom is -0.376 e. The number of imidazole rings is 1. The standard InChI is InChI=1S/C21H29N5O3/c1-14(2)12-17(19(27)22-13-15-6-5-11-29-15)24-21(28)26-10-9-25-18-8-4-3-7-16(18)23-20(25)26/h3-4,7-8,14-15,17H,5-6,9-13H2,1-2H3,(H,22,27)(H,24,28)/t15?,17-/m0/s1. The van der Waals surface area contributed by atoms with Gasteiger partial charge in [0.15, 0.2) is 0 Å². The summed E-state index contributed by atoms with van der Waals surface area (Å²) in [7, 11) is 0. The third-order valence-corrected chi connectivity index (χ3v) is 5.52. The second-order valence-electron chi connectivity index (χ2n) is 8.22. The zero-order valence-corrected chi connectivity index (χ0v) is 17.1. The van der Waals surface area contributed by atoms with Gasteiger partial charge in [0.1, 0.15) is 6.04 Å². The number of benzene rings is 1. The molecule has 0 spiro atoms. The molecule has 8 nitrogen and oxygen atoms in total. The molecule has 1 aromatic carbocycles. The van der Waals surface area contributed by atoms with Crippen LogP contribution in [0.2, 0.25) is 0 Å². The topological polar surface area (TPSA) is 88.5 Å². The zero-order valence-electron chi connectivity index (χ0n) is 17.1. The van der Waals surface area contributed by atoms with Crippen LogP contribution in [0, 0.1) is 5.92 Å². The molecule has 2 aliphatic rings. The quantitative estimate of drug-likeness (QED) is 0.780. The highest BCUT2D eigenvalue weighted by Crippen LogP contribution is 2.27. The molecule has 0 radical (unpaired) electrons. The number of para-hydroxylation sites is 2. The lowest BCUT2D eigenvalue weighted by atomic mass is 10.0. The van der Waals surface area contributed by atoms with E-state index >= 15 is 0 Å². The normalized spacial score (nSPS) is 19.6. The van der Waals surface area contributed by atoms with Gasteiger partial charge in [0.05, 0.1) is 17.1 Å². The van der Waals surface area contributed by atoms with Crippen LogP contribution >= 0.6 is 0 Å². The minimum absolute atomic E-state index is 0.0767. The van der Waals surface area contributed by atoms with Gasteiger partial charge in [0, 0.05) is 26.2 Å².